The van der Waals surface area contributed by atoms with Crippen LogP contribution >= 0.6 is 35.0 Å². The number of nitrogen functional groups attached to an aromatic ring is 1. The summed E-state index contributed by atoms with van der Waals surface area (Å²) in [6, 6.07) is 1.55. The van der Waals surface area contributed by atoms with Gasteiger partial charge in [0.15, 0.2) is 0 Å². The van der Waals surface area contributed by atoms with E-state index in [2.05, 4.69) is 18.8 Å². The van der Waals surface area contributed by atoms with Gasteiger partial charge in [0, 0.05) is 11.0 Å². The van der Waals surface area contributed by atoms with E-state index >= 15 is 0 Å². The van der Waals surface area contributed by atoms with Crippen LogP contribution in [0, 0.1) is 0 Å². The van der Waals surface area contributed by atoms with E-state index in [0.29, 0.717) is 21.2 Å². The summed E-state index contributed by atoms with van der Waals surface area (Å²) in [5.74, 6) is 1.46. The normalized spacial score (nSPS) is 14.3. The number of hydrogen-bond acceptors (Lipinski definition) is 4. The topological polar surface area (TPSA) is 48.1 Å². The second-order valence-electron chi connectivity index (χ2n) is 4.12. The highest BCUT2D eigenvalue weighted by Gasteiger charge is 2.13. The molecule has 6 heteroatoms. The number of pyridine rings is 1. The predicted molar refractivity (Wildman–Crippen MR) is 81.0 cm³/mol. The van der Waals surface area contributed by atoms with Crippen molar-refractivity contribution >= 4 is 40.8 Å². The molecule has 2 atom stereocenters. The first-order chi connectivity index (χ1) is 8.43. The number of halogens is 2. The predicted octanol–water partition coefficient (Wildman–Crippen LogP) is 4.27. The SMILES string of the molecule is CCC(C)SCC(C)Oc1nc(N)c(Cl)cc1Cl. The summed E-state index contributed by atoms with van der Waals surface area (Å²) in [5, 5.41) is 1.35. The van der Waals surface area contributed by atoms with Crippen LogP contribution in [-0.2, 0) is 0 Å². The van der Waals surface area contributed by atoms with Crippen LogP contribution in [0.1, 0.15) is 27.2 Å². The lowest BCUT2D eigenvalue weighted by molar-refractivity contribution is 0.237. The van der Waals surface area contributed by atoms with Crippen molar-refractivity contribution in [3.8, 4) is 5.88 Å². The number of hydrogen-bond donors (Lipinski definition) is 1. The lowest BCUT2D eigenvalue weighted by atomic mass is 10.4. The molecule has 0 saturated heterocycles. The van der Waals surface area contributed by atoms with Gasteiger partial charge in [-0.2, -0.15) is 16.7 Å². The highest BCUT2D eigenvalue weighted by Crippen LogP contribution is 2.30. The standard InChI is InChI=1S/C12H18Cl2N2OS/c1-4-8(3)18-6-7(2)17-12-10(14)5-9(13)11(15)16-12/h5,7-8H,4,6H2,1-3H3,(H2,15,16). The summed E-state index contributed by atoms with van der Waals surface area (Å²) in [4.78, 5) is 4.04. The molecular formula is C12H18Cl2N2OS. The van der Waals surface area contributed by atoms with Gasteiger partial charge in [-0.1, -0.05) is 37.0 Å². The molecule has 0 saturated carbocycles. The molecule has 0 aliphatic heterocycles. The molecule has 0 bridgehead atoms. The fraction of sp³-hybridized carbons (Fsp3) is 0.583. The Labute approximate surface area is 122 Å². The first-order valence-electron chi connectivity index (χ1n) is 5.83. The Morgan fingerprint density at radius 2 is 2.06 bits per heavy atom. The number of nitrogens with zero attached hydrogens (tertiary/aromatic N) is 1. The van der Waals surface area contributed by atoms with E-state index in [9.17, 15) is 0 Å². The van der Waals surface area contributed by atoms with Gasteiger partial charge in [-0.15, -0.1) is 0 Å². The van der Waals surface area contributed by atoms with Crippen molar-refractivity contribution in [2.75, 3.05) is 11.5 Å². The third-order valence-corrected chi connectivity index (χ3v) is 4.57. The van der Waals surface area contributed by atoms with Crippen molar-refractivity contribution in [3.63, 3.8) is 0 Å². The maximum atomic E-state index is 6.00. The maximum Gasteiger partial charge on any atom is 0.234 e. The second kappa shape index (κ2) is 7.31. The Hall–Kier alpha value is -0.320. The van der Waals surface area contributed by atoms with Gasteiger partial charge < -0.3 is 10.5 Å². The van der Waals surface area contributed by atoms with Crippen molar-refractivity contribution in [3.05, 3.63) is 16.1 Å². The molecule has 0 aliphatic rings. The quantitative estimate of drug-likeness (QED) is 0.852. The minimum absolute atomic E-state index is 0.0228. The number of anilines is 1. The molecule has 0 radical (unpaired) electrons. The van der Waals surface area contributed by atoms with E-state index < -0.39 is 0 Å². The van der Waals surface area contributed by atoms with Gasteiger partial charge in [0.2, 0.25) is 5.88 Å². The second-order valence-corrected chi connectivity index (χ2v) is 6.41. The fourth-order valence-electron chi connectivity index (χ4n) is 1.19. The number of rotatable bonds is 6. The summed E-state index contributed by atoms with van der Waals surface area (Å²) in [5.41, 5.74) is 5.62. The van der Waals surface area contributed by atoms with E-state index in [1.54, 1.807) is 6.07 Å². The Morgan fingerprint density at radius 3 is 2.67 bits per heavy atom. The number of nitrogens with two attached hydrogens (primary N) is 1. The Morgan fingerprint density at radius 1 is 1.39 bits per heavy atom. The van der Waals surface area contributed by atoms with Crippen LogP contribution in [0.25, 0.3) is 0 Å². The molecule has 1 heterocycles. The summed E-state index contributed by atoms with van der Waals surface area (Å²) < 4.78 is 5.67. The molecule has 2 N–H and O–H groups in total. The molecule has 0 amide bonds. The average Bonchev–Trinajstić information content (AvgIpc) is 2.33. The van der Waals surface area contributed by atoms with Gasteiger partial charge in [0.05, 0.1) is 5.02 Å². The van der Waals surface area contributed by atoms with E-state index in [0.717, 1.165) is 12.2 Å². The van der Waals surface area contributed by atoms with Crippen LogP contribution in [0.3, 0.4) is 0 Å². The van der Waals surface area contributed by atoms with Crippen molar-refractivity contribution in [1.82, 2.24) is 4.98 Å². The molecule has 0 fully saturated rings. The molecule has 1 aromatic rings. The monoisotopic (exact) mass is 308 g/mol. The summed E-state index contributed by atoms with van der Waals surface area (Å²) in [6.07, 6.45) is 1.17. The highest BCUT2D eigenvalue weighted by molar-refractivity contribution is 7.99. The van der Waals surface area contributed by atoms with Crippen molar-refractivity contribution in [2.45, 2.75) is 38.5 Å². The third-order valence-electron chi connectivity index (χ3n) is 2.43. The molecule has 3 nitrogen and oxygen atoms in total. The minimum atomic E-state index is 0.0228. The lowest BCUT2D eigenvalue weighted by Crippen LogP contribution is -2.17. The highest BCUT2D eigenvalue weighted by atomic mass is 35.5. The molecular weight excluding hydrogens is 291 g/mol. The molecule has 102 valence electrons. The Balaban J connectivity index is 2.59. The molecule has 0 spiro atoms. The van der Waals surface area contributed by atoms with Crippen LogP contribution in [0.2, 0.25) is 10.0 Å². The molecule has 2 unspecified atom stereocenters. The smallest absolute Gasteiger partial charge is 0.234 e. The third kappa shape index (κ3) is 4.75. The van der Waals surface area contributed by atoms with Crippen LogP contribution < -0.4 is 10.5 Å². The fourth-order valence-corrected chi connectivity index (χ4v) is 2.49. The zero-order valence-electron chi connectivity index (χ0n) is 10.7. The van der Waals surface area contributed by atoms with Crippen molar-refractivity contribution in [2.24, 2.45) is 0 Å². The lowest BCUT2D eigenvalue weighted by Gasteiger charge is -2.17. The summed E-state index contributed by atoms with van der Waals surface area (Å²) >= 11 is 13.7. The van der Waals surface area contributed by atoms with Crippen LogP contribution in [-0.4, -0.2) is 22.1 Å². The largest absolute Gasteiger partial charge is 0.473 e. The molecule has 0 aliphatic carbocycles. The van der Waals surface area contributed by atoms with Crippen molar-refractivity contribution in [1.29, 1.82) is 0 Å². The van der Waals surface area contributed by atoms with Gasteiger partial charge >= 0.3 is 0 Å². The van der Waals surface area contributed by atoms with E-state index in [4.69, 9.17) is 33.7 Å². The number of ether oxygens (including phenoxy) is 1. The molecule has 0 aromatic carbocycles. The van der Waals surface area contributed by atoms with Gasteiger partial charge in [0.1, 0.15) is 16.9 Å². The van der Waals surface area contributed by atoms with Gasteiger partial charge in [-0.05, 0) is 19.4 Å². The van der Waals surface area contributed by atoms with Crippen LogP contribution in [0.15, 0.2) is 6.07 Å². The summed E-state index contributed by atoms with van der Waals surface area (Å²) in [6.45, 7) is 6.35. The zero-order chi connectivity index (χ0) is 13.7. The van der Waals surface area contributed by atoms with Crippen LogP contribution in [0.4, 0.5) is 5.82 Å². The number of thioether (sulfide) groups is 1. The van der Waals surface area contributed by atoms with E-state index in [1.165, 1.54) is 0 Å². The Bertz CT molecular complexity index is 404. The van der Waals surface area contributed by atoms with Crippen LogP contribution in [0.5, 0.6) is 5.88 Å². The van der Waals surface area contributed by atoms with Gasteiger partial charge in [0.25, 0.3) is 0 Å². The zero-order valence-corrected chi connectivity index (χ0v) is 13.1. The first kappa shape index (κ1) is 15.7. The Kier molecular flexibility index (Phi) is 6.39. The molecule has 1 rings (SSSR count). The van der Waals surface area contributed by atoms with Gasteiger partial charge in [-0.3, -0.25) is 0 Å². The molecule has 1 aromatic heterocycles. The summed E-state index contributed by atoms with van der Waals surface area (Å²) in [7, 11) is 0. The first-order valence-corrected chi connectivity index (χ1v) is 7.64. The van der Waals surface area contributed by atoms with Crippen molar-refractivity contribution < 1.29 is 4.74 Å². The number of aromatic nitrogens is 1. The minimum Gasteiger partial charge on any atom is -0.473 e. The van der Waals surface area contributed by atoms with E-state index in [1.807, 2.05) is 18.7 Å². The molecule has 18 heavy (non-hydrogen) atoms. The maximum absolute atomic E-state index is 6.00. The average molecular weight is 309 g/mol. The van der Waals surface area contributed by atoms with Gasteiger partial charge in [-0.25, -0.2) is 0 Å². The van der Waals surface area contributed by atoms with E-state index in [-0.39, 0.29) is 11.9 Å².